The summed E-state index contributed by atoms with van der Waals surface area (Å²) < 4.78 is 11.6. The lowest BCUT2D eigenvalue weighted by molar-refractivity contribution is -0.203. The molecule has 0 amide bonds. The lowest BCUT2D eigenvalue weighted by Gasteiger charge is -2.29. The highest BCUT2D eigenvalue weighted by Crippen LogP contribution is 2.48. The quantitative estimate of drug-likeness (QED) is 0.796. The lowest BCUT2D eigenvalue weighted by atomic mass is 10.1. The van der Waals surface area contributed by atoms with Crippen molar-refractivity contribution in [2.24, 2.45) is 11.1 Å². The van der Waals surface area contributed by atoms with Crippen LogP contribution in [0.25, 0.3) is 5.70 Å². The van der Waals surface area contributed by atoms with E-state index in [2.05, 4.69) is 49.2 Å². The summed E-state index contributed by atoms with van der Waals surface area (Å²) in [6, 6.07) is 6.40. The molecule has 0 radical (unpaired) electrons. The van der Waals surface area contributed by atoms with Gasteiger partial charge in [-0.2, -0.15) is 0 Å². The highest BCUT2D eigenvalue weighted by molar-refractivity contribution is 5.75. The number of hydrogen-bond acceptors (Lipinski definition) is 5. The number of aryl methyl sites for hydroxylation is 1. The molecule has 1 aromatic carbocycles. The fourth-order valence-electron chi connectivity index (χ4n) is 3.27. The van der Waals surface area contributed by atoms with Crippen molar-refractivity contribution in [1.82, 2.24) is 5.32 Å². The normalized spacial score (nSPS) is 19.9. The van der Waals surface area contributed by atoms with Crippen LogP contribution in [0.5, 0.6) is 0 Å². The third-order valence-corrected chi connectivity index (χ3v) is 5.22. The average molecular weight is 345 g/mol. The van der Waals surface area contributed by atoms with E-state index < -0.39 is 0 Å². The second-order valence-electron chi connectivity index (χ2n) is 7.25. The molecule has 1 spiro atoms. The molecule has 5 nitrogen and oxygen atoms in total. The van der Waals surface area contributed by atoms with Crippen molar-refractivity contribution in [2.45, 2.75) is 39.9 Å². The van der Waals surface area contributed by atoms with Crippen molar-refractivity contribution >= 4 is 11.4 Å². The number of nitrogens with one attached hydrogen (secondary N) is 1. The molecule has 25 heavy (non-hydrogen) atoms. The molecule has 3 N–H and O–H groups in total. The number of hydrogen-bond donors (Lipinski definition) is 2. The Kier molecular flexibility index (Phi) is 5.54. The largest absolute Gasteiger partial charge is 0.397 e. The molecule has 0 atom stereocenters. The Hall–Kier alpha value is -1.72. The number of benzene rings is 1. The monoisotopic (exact) mass is 345 g/mol. The van der Waals surface area contributed by atoms with Crippen molar-refractivity contribution in [2.75, 3.05) is 37.7 Å². The summed E-state index contributed by atoms with van der Waals surface area (Å²) >= 11 is 0. The average Bonchev–Trinajstić information content (AvgIpc) is 3.37. The molecule has 0 unspecified atom stereocenters. The summed E-state index contributed by atoms with van der Waals surface area (Å²) in [5.41, 5.74) is 10.9. The van der Waals surface area contributed by atoms with Crippen LogP contribution in [0.15, 0.2) is 24.4 Å². The Morgan fingerprint density at radius 3 is 2.56 bits per heavy atom. The Balaban J connectivity index is 1.61. The summed E-state index contributed by atoms with van der Waals surface area (Å²) in [5, 5.41) is 3.26. The van der Waals surface area contributed by atoms with Gasteiger partial charge < -0.3 is 25.4 Å². The smallest absolute Gasteiger partial charge is 0.174 e. The number of rotatable bonds is 7. The number of anilines is 1. The molecule has 2 aliphatic rings. The van der Waals surface area contributed by atoms with Gasteiger partial charge in [0.05, 0.1) is 25.5 Å². The van der Waals surface area contributed by atoms with Gasteiger partial charge in [0.25, 0.3) is 0 Å². The van der Waals surface area contributed by atoms with Gasteiger partial charge in [0.1, 0.15) is 0 Å². The molecular formula is C20H31N3O2. The molecule has 1 aromatic rings. The maximum Gasteiger partial charge on any atom is 0.174 e. The molecule has 1 aliphatic heterocycles. The van der Waals surface area contributed by atoms with Crippen LogP contribution in [0.4, 0.5) is 5.69 Å². The molecule has 1 aliphatic carbocycles. The first kappa shape index (κ1) is 18.1. The highest BCUT2D eigenvalue weighted by atomic mass is 16.7. The summed E-state index contributed by atoms with van der Waals surface area (Å²) in [4.78, 5) is 2.32. The Bertz CT molecular complexity index is 611. The topological polar surface area (TPSA) is 59.8 Å². The van der Waals surface area contributed by atoms with E-state index >= 15 is 0 Å². The minimum atomic E-state index is -0.185. The molecule has 1 saturated carbocycles. The molecule has 2 fully saturated rings. The van der Waals surface area contributed by atoms with Gasteiger partial charge in [-0.05, 0) is 45.2 Å². The Morgan fingerprint density at radius 1 is 1.28 bits per heavy atom. The second-order valence-corrected chi connectivity index (χ2v) is 7.25. The maximum atomic E-state index is 6.35. The van der Waals surface area contributed by atoms with Crippen molar-refractivity contribution in [1.29, 1.82) is 0 Å². The van der Waals surface area contributed by atoms with Crippen LogP contribution in [0.2, 0.25) is 0 Å². The zero-order valence-corrected chi connectivity index (χ0v) is 15.7. The predicted molar refractivity (Wildman–Crippen MR) is 102 cm³/mol. The van der Waals surface area contributed by atoms with Gasteiger partial charge in [-0.1, -0.05) is 12.1 Å². The molecule has 0 aromatic heterocycles. The van der Waals surface area contributed by atoms with Gasteiger partial charge in [-0.15, -0.1) is 0 Å². The fraction of sp³-hybridized carbons (Fsp3) is 0.600. The van der Waals surface area contributed by atoms with Crippen LogP contribution >= 0.6 is 0 Å². The summed E-state index contributed by atoms with van der Waals surface area (Å²) in [6.07, 6.45) is 4.16. The first-order chi connectivity index (χ1) is 12.1. The number of nitrogens with zero attached hydrogens (tertiary/aromatic N) is 1. The van der Waals surface area contributed by atoms with E-state index in [-0.39, 0.29) is 6.29 Å². The SMILES string of the molecule is CCN(CC)c1cc(C)ccc1/C(N)=C/NCC1OCC2(CC2)CO1. The third kappa shape index (κ3) is 4.28. The Morgan fingerprint density at radius 2 is 1.96 bits per heavy atom. The van der Waals surface area contributed by atoms with Gasteiger partial charge in [0, 0.05) is 36.0 Å². The van der Waals surface area contributed by atoms with E-state index in [9.17, 15) is 0 Å². The van der Waals surface area contributed by atoms with Crippen LogP contribution in [0.1, 0.15) is 37.8 Å². The van der Waals surface area contributed by atoms with E-state index in [0.29, 0.717) is 12.0 Å². The van der Waals surface area contributed by atoms with E-state index in [1.165, 1.54) is 24.1 Å². The van der Waals surface area contributed by atoms with E-state index in [1.807, 2.05) is 6.20 Å². The van der Waals surface area contributed by atoms with Gasteiger partial charge >= 0.3 is 0 Å². The van der Waals surface area contributed by atoms with Crippen LogP contribution < -0.4 is 16.0 Å². The molecule has 3 rings (SSSR count). The van der Waals surface area contributed by atoms with Crippen molar-refractivity contribution in [3.8, 4) is 0 Å². The van der Waals surface area contributed by atoms with E-state index in [0.717, 1.165) is 37.6 Å². The van der Waals surface area contributed by atoms with Crippen LogP contribution in [0, 0.1) is 12.3 Å². The summed E-state index contributed by atoms with van der Waals surface area (Å²) in [5.74, 6) is 0. The highest BCUT2D eigenvalue weighted by Gasteiger charge is 2.46. The zero-order valence-electron chi connectivity index (χ0n) is 15.7. The van der Waals surface area contributed by atoms with E-state index in [4.69, 9.17) is 15.2 Å². The maximum absolute atomic E-state index is 6.35. The first-order valence-electron chi connectivity index (χ1n) is 9.35. The van der Waals surface area contributed by atoms with Crippen molar-refractivity contribution in [3.63, 3.8) is 0 Å². The molecule has 138 valence electrons. The van der Waals surface area contributed by atoms with Gasteiger partial charge in [0.2, 0.25) is 0 Å². The fourth-order valence-corrected chi connectivity index (χ4v) is 3.27. The first-order valence-corrected chi connectivity index (χ1v) is 9.35. The molecule has 1 saturated heterocycles. The molecule has 5 heteroatoms. The predicted octanol–water partition coefficient (Wildman–Crippen LogP) is 2.84. The minimum absolute atomic E-state index is 0.185. The standard InChI is InChI=1S/C20H31N3O2/c1-4-23(5-2)18-10-15(3)6-7-16(18)17(21)11-22-12-19-24-13-20(8-9-20)14-25-19/h6-7,10-11,19,22H,4-5,8-9,12-14,21H2,1-3H3/b17-11-. The minimum Gasteiger partial charge on any atom is -0.397 e. The lowest BCUT2D eigenvalue weighted by Crippen LogP contribution is -2.38. The van der Waals surface area contributed by atoms with Gasteiger partial charge in [-0.25, -0.2) is 0 Å². The van der Waals surface area contributed by atoms with Crippen LogP contribution in [-0.4, -0.2) is 39.1 Å². The molecule has 1 heterocycles. The van der Waals surface area contributed by atoms with Crippen LogP contribution in [-0.2, 0) is 9.47 Å². The Labute approximate surface area is 151 Å². The summed E-state index contributed by atoms with van der Waals surface area (Å²) in [7, 11) is 0. The number of nitrogens with two attached hydrogens (primary N) is 1. The van der Waals surface area contributed by atoms with Gasteiger partial charge in [0.15, 0.2) is 6.29 Å². The number of ether oxygens (including phenoxy) is 2. The third-order valence-electron chi connectivity index (χ3n) is 5.22. The summed E-state index contributed by atoms with van der Waals surface area (Å²) in [6.45, 7) is 10.6. The van der Waals surface area contributed by atoms with Crippen molar-refractivity contribution in [3.05, 3.63) is 35.5 Å². The second kappa shape index (κ2) is 7.67. The van der Waals surface area contributed by atoms with Gasteiger partial charge in [-0.3, -0.25) is 0 Å². The van der Waals surface area contributed by atoms with E-state index in [1.54, 1.807) is 0 Å². The molecule has 0 bridgehead atoms. The zero-order chi connectivity index (χ0) is 17.9. The van der Waals surface area contributed by atoms with Crippen molar-refractivity contribution < 1.29 is 9.47 Å². The van der Waals surface area contributed by atoms with Crippen LogP contribution in [0.3, 0.4) is 0 Å². The molecular weight excluding hydrogens is 314 g/mol.